The monoisotopic (exact) mass is 736 g/mol. The van der Waals surface area contributed by atoms with E-state index in [-0.39, 0.29) is 34.1 Å². The van der Waals surface area contributed by atoms with Crippen molar-refractivity contribution in [3.63, 3.8) is 0 Å². The second-order valence-electron chi connectivity index (χ2n) is 3.60. The average Bonchev–Trinajstić information content (AvgIpc) is 2.77. The summed E-state index contributed by atoms with van der Waals surface area (Å²) in [7, 11) is 0. The van der Waals surface area contributed by atoms with Crippen LogP contribution in [-0.4, -0.2) is 58.0 Å². The first-order valence-electron chi connectivity index (χ1n) is 6.08. The smallest absolute Gasteiger partial charge is 0 e. The molecule has 6 nitrogen and oxygen atoms in total. The molecule has 0 aromatic carbocycles. The quantitative estimate of drug-likeness (QED) is 0.167. The zero-order chi connectivity index (χ0) is 27.1. The van der Waals surface area contributed by atoms with E-state index in [1.165, 1.54) is 11.4 Å². The van der Waals surface area contributed by atoms with Gasteiger partial charge in [-0.25, -0.2) is 0 Å². The van der Waals surface area contributed by atoms with E-state index in [9.17, 15) is 22.0 Å². The van der Waals surface area contributed by atoms with Gasteiger partial charge in [0.05, 0.1) is 0 Å². The molecule has 0 aromatic heterocycles. The molecular formula is C16H18As3F5Mn2O6. The zero-order valence-electron chi connectivity index (χ0n) is 17.4. The van der Waals surface area contributed by atoms with Crippen LogP contribution in [-0.2, 0) is 62.1 Å². The van der Waals surface area contributed by atoms with Crippen molar-refractivity contribution in [2.24, 2.45) is 0 Å². The first kappa shape index (κ1) is 63.7. The predicted molar refractivity (Wildman–Crippen MR) is 94.1 cm³/mol. The fraction of sp³-hybridized carbons (Fsp3) is 0.500. The van der Waals surface area contributed by atoms with E-state index in [0.717, 1.165) is 0 Å². The molecule has 1 aliphatic rings. The fourth-order valence-corrected chi connectivity index (χ4v) is 3.58. The van der Waals surface area contributed by atoms with Crippen LogP contribution in [0, 0.1) is 39.9 Å². The van der Waals surface area contributed by atoms with Crippen molar-refractivity contribution in [2.75, 3.05) is 0 Å². The van der Waals surface area contributed by atoms with Crippen LogP contribution in [0.2, 0.25) is 34.3 Å². The van der Waals surface area contributed by atoms with E-state index < -0.39 is 36.7 Å². The van der Waals surface area contributed by atoms with E-state index in [1.807, 2.05) is 0 Å². The molecule has 1 aliphatic carbocycles. The average molecular weight is 736 g/mol. The summed E-state index contributed by atoms with van der Waals surface area (Å²) in [5.41, 5.74) is 11.7. The van der Waals surface area contributed by atoms with Gasteiger partial charge >= 0.3 is 192 Å². The Morgan fingerprint density at radius 3 is 0.812 bits per heavy atom. The molecule has 0 saturated carbocycles. The van der Waals surface area contributed by atoms with Crippen molar-refractivity contribution in [1.82, 2.24) is 0 Å². The molecule has 0 aliphatic heterocycles. The van der Waals surface area contributed by atoms with Crippen molar-refractivity contribution in [2.45, 2.75) is 46.1 Å². The Morgan fingerprint density at radius 1 is 0.594 bits per heavy atom. The maximum Gasteiger partial charge on any atom is 0 e. The van der Waals surface area contributed by atoms with E-state index in [2.05, 4.69) is 62.7 Å². The first-order valence-corrected chi connectivity index (χ1v) is 18.3. The molecule has 1 rings (SSSR count). The molecule has 0 bridgehead atoms. The largest absolute Gasteiger partial charge is 0 e. The standard InChI is InChI=1S/C6H6AsF5.2C2H6As.6CO.2Mn/c1-7(2)3-4(8)6(11,12)5(3,9)10;2*1-3-2;6*1-2;;/h1-2H3;2*1-2H3;;;;;;;;. The molecule has 0 heterocycles. The van der Waals surface area contributed by atoms with Crippen molar-refractivity contribution >= 4 is 46.2 Å². The molecule has 0 N–H and O–H groups in total. The molecule has 0 aromatic rings. The van der Waals surface area contributed by atoms with Gasteiger partial charge in [-0.1, -0.05) is 0 Å². The molecule has 0 atom stereocenters. The van der Waals surface area contributed by atoms with Gasteiger partial charge in [0, 0.05) is 34.1 Å². The number of alkyl halides is 4. The second-order valence-corrected chi connectivity index (χ2v) is 12.0. The summed E-state index contributed by atoms with van der Waals surface area (Å²) in [6, 6.07) is 0. The summed E-state index contributed by atoms with van der Waals surface area (Å²) in [5.74, 6) is -10.7. The Kier molecular flexibility index (Phi) is 106. The van der Waals surface area contributed by atoms with Crippen LogP contribution in [0.5, 0.6) is 0 Å². The first-order chi connectivity index (χ1) is 14.1. The molecule has 182 valence electrons. The third-order valence-corrected chi connectivity index (χ3v) is 4.50. The van der Waals surface area contributed by atoms with Crippen molar-refractivity contribution in [1.29, 1.82) is 0 Å². The maximum absolute atomic E-state index is 12.5. The predicted octanol–water partition coefficient (Wildman–Crippen LogP) is 4.13. The van der Waals surface area contributed by atoms with Crippen molar-refractivity contribution in [3.8, 4) is 0 Å². The van der Waals surface area contributed by atoms with Crippen LogP contribution in [0.3, 0.4) is 0 Å². The minimum atomic E-state index is -4.55. The molecule has 16 heteroatoms. The normalized spacial score (nSPS) is 11.2. The molecule has 0 amide bonds. The van der Waals surface area contributed by atoms with Gasteiger partial charge < -0.3 is 0 Å². The summed E-state index contributed by atoms with van der Waals surface area (Å²) in [4.78, 5) is 0. The maximum atomic E-state index is 12.5. The minimum absolute atomic E-state index is 0. The Balaban J connectivity index is -0.0000000258. The molecule has 32 heavy (non-hydrogen) atoms. The third kappa shape index (κ3) is 30.5. The van der Waals surface area contributed by atoms with E-state index in [4.69, 9.17) is 27.9 Å². The zero-order valence-corrected chi connectivity index (χ0v) is 25.4. The molecule has 4 radical (unpaired) electrons. The van der Waals surface area contributed by atoms with Gasteiger partial charge in [-0.15, -0.1) is 0 Å². The second kappa shape index (κ2) is 53.1. The molecule has 0 unspecified atom stereocenters. The van der Waals surface area contributed by atoms with Gasteiger partial charge in [0.15, 0.2) is 0 Å². The topological polar surface area (TPSA) is 119 Å². The summed E-state index contributed by atoms with van der Waals surface area (Å²) in [5, 5.41) is 0. The molecular weight excluding hydrogens is 718 g/mol. The summed E-state index contributed by atoms with van der Waals surface area (Å²) >= 11 is -0.857. The number of rotatable bonds is 1. The van der Waals surface area contributed by atoms with Gasteiger partial charge in [-0.3, -0.25) is 0 Å². The van der Waals surface area contributed by atoms with E-state index >= 15 is 0 Å². The van der Waals surface area contributed by atoms with Gasteiger partial charge in [-0.2, -0.15) is 0 Å². The number of allylic oxidation sites excluding steroid dienone is 2. The summed E-state index contributed by atoms with van der Waals surface area (Å²) in [6.45, 7) is 27.0. The Labute approximate surface area is 224 Å². The van der Waals surface area contributed by atoms with Crippen LogP contribution in [0.4, 0.5) is 22.0 Å². The van der Waals surface area contributed by atoms with Crippen molar-refractivity contribution < 1.29 is 84.0 Å². The van der Waals surface area contributed by atoms with Gasteiger partial charge in [-0.05, 0) is 0 Å². The van der Waals surface area contributed by atoms with Gasteiger partial charge in [0.25, 0.3) is 0 Å². The molecule has 0 fully saturated rings. The summed E-state index contributed by atoms with van der Waals surface area (Å²) in [6.07, 6.45) is 0. The van der Waals surface area contributed by atoms with E-state index in [0.29, 0.717) is 31.5 Å². The molecule has 0 saturated heterocycles. The van der Waals surface area contributed by atoms with Crippen molar-refractivity contribution in [3.05, 3.63) is 50.1 Å². The molecule has 0 spiro atoms. The number of hydrogen-bond acceptors (Lipinski definition) is 0. The SMILES string of the molecule is C[As](C)C1=C(F)C(F)(F)C1(F)F.C[As]C.C[As]C.[C-]#[O+].[C-]#[O+].[C-]#[O+].[C-]#[O+].[C-]#[O+].[C-]#[O+].[Mn].[Mn]. The van der Waals surface area contributed by atoms with E-state index in [1.54, 1.807) is 0 Å². The van der Waals surface area contributed by atoms with Gasteiger partial charge in [0.1, 0.15) is 0 Å². The number of halogens is 5. The summed E-state index contributed by atoms with van der Waals surface area (Å²) < 4.78 is 106. The third-order valence-electron chi connectivity index (χ3n) is 1.62. The Bertz CT molecular complexity index is 475. The van der Waals surface area contributed by atoms with Gasteiger partial charge in [0.2, 0.25) is 0 Å². The minimum Gasteiger partial charge on any atom is 0 e. The van der Waals surface area contributed by atoms with Crippen LogP contribution in [0.25, 0.3) is 0 Å². The van der Waals surface area contributed by atoms with Crippen LogP contribution >= 0.6 is 0 Å². The van der Waals surface area contributed by atoms with Crippen LogP contribution < -0.4 is 0 Å². The van der Waals surface area contributed by atoms with Crippen LogP contribution in [0.15, 0.2) is 10.2 Å². The Morgan fingerprint density at radius 2 is 0.750 bits per heavy atom. The fourth-order valence-electron chi connectivity index (χ4n) is 0.988. The number of hydrogen-bond donors (Lipinski definition) is 0. The van der Waals surface area contributed by atoms with Crippen LogP contribution in [0.1, 0.15) is 0 Å². The Hall–Kier alpha value is 0.544.